The van der Waals surface area contributed by atoms with Crippen LogP contribution >= 0.6 is 0 Å². The molecule has 0 atom stereocenters. The normalized spacial score (nSPS) is 10.7. The molecule has 0 saturated carbocycles. The molecule has 0 bridgehead atoms. The summed E-state index contributed by atoms with van der Waals surface area (Å²) in [5, 5.41) is 2.65. The Morgan fingerprint density at radius 2 is 1.97 bits per heavy atom. The number of hydrogen-bond acceptors (Lipinski definition) is 5. The van der Waals surface area contributed by atoms with Gasteiger partial charge in [0, 0.05) is 29.6 Å². The Morgan fingerprint density at radius 3 is 2.80 bits per heavy atom. The molecule has 0 saturated heterocycles. The molecule has 152 valence electrons. The zero-order valence-corrected chi connectivity index (χ0v) is 15.2. The highest BCUT2D eigenvalue weighted by molar-refractivity contribution is 6.04. The molecule has 2 aromatic heterocycles. The molecule has 30 heavy (non-hydrogen) atoms. The highest BCUT2D eigenvalue weighted by Crippen LogP contribution is 2.28. The van der Waals surface area contributed by atoms with Crippen molar-refractivity contribution in [2.75, 3.05) is 12.2 Å². The number of alkyl halides is 1. The molecule has 0 fully saturated rings. The number of rotatable bonds is 6. The number of nitrogens with zero attached hydrogens (tertiary/aromatic N) is 1. The molecular formula is C20H14F2N4O4. The number of benzene rings is 2. The number of aromatic nitrogens is 3. The number of halogens is 2. The lowest BCUT2D eigenvalue weighted by atomic mass is 10.2. The molecule has 0 unspecified atom stereocenters. The lowest BCUT2D eigenvalue weighted by Crippen LogP contribution is -2.12. The summed E-state index contributed by atoms with van der Waals surface area (Å²) in [6.07, 6.45) is 1.48. The summed E-state index contributed by atoms with van der Waals surface area (Å²) in [6.45, 7) is -1.21. The van der Waals surface area contributed by atoms with Crippen molar-refractivity contribution in [1.82, 2.24) is 15.0 Å². The number of ether oxygens (including phenoxy) is 2. The summed E-state index contributed by atoms with van der Waals surface area (Å²) >= 11 is 0. The van der Waals surface area contributed by atoms with Crippen molar-refractivity contribution in [3.8, 4) is 17.2 Å². The standard InChI is InChI=1S/C20H14F2N4O4/c21-10-29-16-8-11(4-5-14(16)22)19(27)24-12-2-1-3-13(9-12)30-15-6-7-23-18-17(15)25-20(28)26-18/h1-9H,10H2,(H,24,27)(H2,23,25,26,28). The quantitative estimate of drug-likeness (QED) is 0.447. The van der Waals surface area contributed by atoms with Crippen LogP contribution in [0.1, 0.15) is 10.4 Å². The zero-order valence-electron chi connectivity index (χ0n) is 15.2. The first-order chi connectivity index (χ1) is 14.5. The van der Waals surface area contributed by atoms with E-state index in [4.69, 9.17) is 4.74 Å². The SMILES string of the molecule is O=C(Nc1cccc(Oc2ccnc3[nH]c(=O)[nH]c23)c1)c1ccc(F)c(OCF)c1. The molecule has 3 N–H and O–H groups in total. The Balaban J connectivity index is 1.54. The zero-order chi connectivity index (χ0) is 21.1. The van der Waals surface area contributed by atoms with Gasteiger partial charge in [-0.25, -0.2) is 18.6 Å². The number of nitrogens with one attached hydrogen (secondary N) is 3. The van der Waals surface area contributed by atoms with E-state index < -0.39 is 24.3 Å². The van der Waals surface area contributed by atoms with Crippen molar-refractivity contribution in [2.45, 2.75) is 0 Å². The Bertz CT molecular complexity index is 1290. The third-order valence-corrected chi connectivity index (χ3v) is 4.11. The smallest absolute Gasteiger partial charge is 0.325 e. The first-order valence-electron chi connectivity index (χ1n) is 8.68. The fourth-order valence-electron chi connectivity index (χ4n) is 2.78. The number of pyridine rings is 1. The minimum absolute atomic E-state index is 0.0897. The van der Waals surface area contributed by atoms with E-state index in [-0.39, 0.29) is 11.3 Å². The molecule has 1 amide bonds. The van der Waals surface area contributed by atoms with Crippen LogP contribution in [0.2, 0.25) is 0 Å². The number of anilines is 1. The van der Waals surface area contributed by atoms with Gasteiger partial charge in [0.2, 0.25) is 6.86 Å². The van der Waals surface area contributed by atoms with Crippen molar-refractivity contribution in [3.05, 3.63) is 76.6 Å². The van der Waals surface area contributed by atoms with Gasteiger partial charge in [0.1, 0.15) is 11.3 Å². The summed E-state index contributed by atoms with van der Waals surface area (Å²) < 4.78 is 36.2. The number of hydrogen-bond donors (Lipinski definition) is 3. The minimum atomic E-state index is -1.21. The number of imidazole rings is 1. The molecule has 0 radical (unpaired) electrons. The van der Waals surface area contributed by atoms with E-state index in [1.807, 2.05) is 0 Å². The molecule has 0 aliphatic heterocycles. The molecule has 0 aliphatic carbocycles. The number of fused-ring (bicyclic) bond motifs is 1. The van der Waals surface area contributed by atoms with E-state index in [9.17, 15) is 18.4 Å². The second-order valence-corrected chi connectivity index (χ2v) is 6.09. The highest BCUT2D eigenvalue weighted by atomic mass is 19.1. The second kappa shape index (κ2) is 8.03. The molecule has 2 heterocycles. The van der Waals surface area contributed by atoms with Crippen LogP contribution in [-0.2, 0) is 0 Å². The van der Waals surface area contributed by atoms with E-state index in [1.54, 1.807) is 30.3 Å². The van der Waals surface area contributed by atoms with Crippen molar-refractivity contribution in [2.24, 2.45) is 0 Å². The predicted molar refractivity (Wildman–Crippen MR) is 104 cm³/mol. The molecule has 4 rings (SSSR count). The van der Waals surface area contributed by atoms with Gasteiger partial charge in [-0.1, -0.05) is 6.07 Å². The van der Waals surface area contributed by atoms with Crippen LogP contribution in [0.3, 0.4) is 0 Å². The molecular weight excluding hydrogens is 398 g/mol. The summed E-state index contributed by atoms with van der Waals surface area (Å²) in [4.78, 5) is 33.1. The highest BCUT2D eigenvalue weighted by Gasteiger charge is 2.12. The van der Waals surface area contributed by atoms with Gasteiger partial charge < -0.3 is 19.8 Å². The van der Waals surface area contributed by atoms with E-state index in [1.165, 1.54) is 12.3 Å². The van der Waals surface area contributed by atoms with Crippen molar-refractivity contribution < 1.29 is 23.0 Å². The molecule has 2 aromatic carbocycles. The third kappa shape index (κ3) is 3.97. The fourth-order valence-corrected chi connectivity index (χ4v) is 2.78. The Kier molecular flexibility index (Phi) is 5.12. The summed E-state index contributed by atoms with van der Waals surface area (Å²) in [7, 11) is 0. The number of carbonyl (C=O) groups is 1. The monoisotopic (exact) mass is 412 g/mol. The molecule has 4 aromatic rings. The van der Waals surface area contributed by atoms with Gasteiger partial charge in [0.05, 0.1) is 0 Å². The van der Waals surface area contributed by atoms with Gasteiger partial charge in [-0.05, 0) is 30.3 Å². The maximum atomic E-state index is 13.6. The number of H-pyrrole nitrogens is 2. The predicted octanol–water partition coefficient (Wildman–Crippen LogP) is 3.74. The summed E-state index contributed by atoms with van der Waals surface area (Å²) in [6, 6.07) is 11.5. The average molecular weight is 412 g/mol. The van der Waals surface area contributed by atoms with Gasteiger partial charge in [0.15, 0.2) is 23.0 Å². The topological polar surface area (TPSA) is 109 Å². The third-order valence-electron chi connectivity index (χ3n) is 4.11. The van der Waals surface area contributed by atoms with Gasteiger partial charge in [-0.3, -0.25) is 9.78 Å². The first-order valence-corrected chi connectivity index (χ1v) is 8.68. The van der Waals surface area contributed by atoms with Crippen LogP contribution in [0.4, 0.5) is 14.5 Å². The fraction of sp³-hybridized carbons (Fsp3) is 0.0500. The average Bonchev–Trinajstić information content (AvgIpc) is 3.11. The minimum Gasteiger partial charge on any atom is -0.460 e. The number of amides is 1. The number of aromatic amines is 2. The molecule has 0 spiro atoms. The van der Waals surface area contributed by atoms with E-state index in [0.717, 1.165) is 12.1 Å². The summed E-state index contributed by atoms with van der Waals surface area (Å²) in [5.41, 5.74) is 0.841. The largest absolute Gasteiger partial charge is 0.460 e. The van der Waals surface area contributed by atoms with Crippen LogP contribution in [0, 0.1) is 5.82 Å². The van der Waals surface area contributed by atoms with E-state index in [0.29, 0.717) is 28.4 Å². The van der Waals surface area contributed by atoms with Crippen LogP contribution in [0.5, 0.6) is 17.2 Å². The van der Waals surface area contributed by atoms with Crippen molar-refractivity contribution >= 4 is 22.8 Å². The van der Waals surface area contributed by atoms with Crippen LogP contribution in [-0.4, -0.2) is 27.7 Å². The van der Waals surface area contributed by atoms with Gasteiger partial charge in [-0.15, -0.1) is 0 Å². The Morgan fingerprint density at radius 1 is 1.10 bits per heavy atom. The lowest BCUT2D eigenvalue weighted by Gasteiger charge is -2.10. The maximum absolute atomic E-state index is 13.6. The van der Waals surface area contributed by atoms with Crippen molar-refractivity contribution in [3.63, 3.8) is 0 Å². The van der Waals surface area contributed by atoms with E-state index in [2.05, 4.69) is 25.0 Å². The first kappa shape index (κ1) is 19.1. The second-order valence-electron chi connectivity index (χ2n) is 6.09. The Labute approximate surface area is 167 Å². The van der Waals surface area contributed by atoms with Crippen LogP contribution in [0.25, 0.3) is 11.2 Å². The van der Waals surface area contributed by atoms with Crippen LogP contribution < -0.4 is 20.5 Å². The van der Waals surface area contributed by atoms with Gasteiger partial charge in [-0.2, -0.15) is 0 Å². The molecule has 10 heteroatoms. The van der Waals surface area contributed by atoms with Gasteiger partial charge >= 0.3 is 5.69 Å². The van der Waals surface area contributed by atoms with Crippen LogP contribution in [0.15, 0.2) is 59.5 Å². The molecule has 0 aliphatic rings. The Hall–Kier alpha value is -4.21. The maximum Gasteiger partial charge on any atom is 0.325 e. The van der Waals surface area contributed by atoms with E-state index >= 15 is 0 Å². The number of carbonyl (C=O) groups excluding carboxylic acids is 1. The van der Waals surface area contributed by atoms with Crippen molar-refractivity contribution in [1.29, 1.82) is 0 Å². The van der Waals surface area contributed by atoms with Gasteiger partial charge in [0.25, 0.3) is 5.91 Å². The lowest BCUT2D eigenvalue weighted by molar-refractivity contribution is 0.102. The summed E-state index contributed by atoms with van der Waals surface area (Å²) in [5.74, 6) is -0.913. The molecule has 8 nitrogen and oxygen atoms in total.